The van der Waals surface area contributed by atoms with Crippen LogP contribution in [0, 0.1) is 0 Å². The average Bonchev–Trinajstić information content (AvgIpc) is 3.21. The maximum absolute atomic E-state index is 12.3. The fourth-order valence-corrected chi connectivity index (χ4v) is 2.49. The Morgan fingerprint density at radius 3 is 2.63 bits per heavy atom. The van der Waals surface area contributed by atoms with E-state index in [0.717, 1.165) is 35.9 Å². The summed E-state index contributed by atoms with van der Waals surface area (Å²) in [5.74, 6) is 0.159. The highest BCUT2D eigenvalue weighted by atomic mass is 79.9. The fourth-order valence-electron chi connectivity index (χ4n) is 2.23. The van der Waals surface area contributed by atoms with E-state index in [4.69, 9.17) is 4.74 Å². The molecule has 0 unspecified atom stereocenters. The second kappa shape index (κ2) is 6.53. The molecule has 1 N–H and O–H groups in total. The standard InChI is InChI=1S/C15H20BrNO2/c1-2-19-11-3-10-17-14(18)15(8-9-15)12-4-6-13(16)7-5-12/h4-7H,2-3,8-11H2,1H3,(H,17,18). The van der Waals surface area contributed by atoms with Gasteiger partial charge in [-0.25, -0.2) is 0 Å². The molecule has 1 amide bonds. The summed E-state index contributed by atoms with van der Waals surface area (Å²) in [6, 6.07) is 8.07. The second-order valence-corrected chi connectivity index (χ2v) is 5.81. The number of rotatable bonds is 7. The minimum atomic E-state index is -0.272. The quantitative estimate of drug-likeness (QED) is 0.782. The van der Waals surface area contributed by atoms with Crippen molar-refractivity contribution in [3.63, 3.8) is 0 Å². The zero-order valence-electron chi connectivity index (χ0n) is 11.2. The lowest BCUT2D eigenvalue weighted by molar-refractivity contribution is -0.123. The monoisotopic (exact) mass is 325 g/mol. The van der Waals surface area contributed by atoms with E-state index in [1.807, 2.05) is 31.2 Å². The van der Waals surface area contributed by atoms with Crippen molar-refractivity contribution in [1.82, 2.24) is 5.32 Å². The number of ether oxygens (including phenoxy) is 1. The van der Waals surface area contributed by atoms with Crippen molar-refractivity contribution in [1.29, 1.82) is 0 Å². The molecular weight excluding hydrogens is 306 g/mol. The van der Waals surface area contributed by atoms with Crippen molar-refractivity contribution in [3.05, 3.63) is 34.3 Å². The summed E-state index contributed by atoms with van der Waals surface area (Å²) in [7, 11) is 0. The van der Waals surface area contributed by atoms with E-state index in [9.17, 15) is 4.79 Å². The van der Waals surface area contributed by atoms with E-state index in [-0.39, 0.29) is 11.3 Å². The second-order valence-electron chi connectivity index (χ2n) is 4.90. The number of hydrogen-bond acceptors (Lipinski definition) is 2. The molecule has 4 heteroatoms. The van der Waals surface area contributed by atoms with Crippen LogP contribution in [0.1, 0.15) is 31.7 Å². The maximum atomic E-state index is 12.3. The third-order valence-electron chi connectivity index (χ3n) is 3.54. The zero-order chi connectivity index (χ0) is 13.7. The highest BCUT2D eigenvalue weighted by Crippen LogP contribution is 2.48. The fraction of sp³-hybridized carbons (Fsp3) is 0.533. The molecule has 1 saturated carbocycles. The van der Waals surface area contributed by atoms with Crippen LogP contribution in [-0.2, 0) is 14.9 Å². The number of carbonyl (C=O) groups excluding carboxylic acids is 1. The molecule has 19 heavy (non-hydrogen) atoms. The lowest BCUT2D eigenvalue weighted by Crippen LogP contribution is -2.35. The smallest absolute Gasteiger partial charge is 0.230 e. The molecule has 3 nitrogen and oxygen atoms in total. The molecule has 2 rings (SSSR count). The van der Waals surface area contributed by atoms with Crippen LogP contribution in [0.15, 0.2) is 28.7 Å². The Morgan fingerprint density at radius 1 is 1.37 bits per heavy atom. The Hall–Kier alpha value is -0.870. The molecule has 1 aliphatic rings. The van der Waals surface area contributed by atoms with Crippen LogP contribution >= 0.6 is 15.9 Å². The number of benzene rings is 1. The van der Waals surface area contributed by atoms with Crippen molar-refractivity contribution in [2.75, 3.05) is 19.8 Å². The van der Waals surface area contributed by atoms with E-state index in [2.05, 4.69) is 21.2 Å². The van der Waals surface area contributed by atoms with Crippen molar-refractivity contribution in [3.8, 4) is 0 Å². The van der Waals surface area contributed by atoms with E-state index >= 15 is 0 Å². The average molecular weight is 326 g/mol. The van der Waals surface area contributed by atoms with Crippen molar-refractivity contribution < 1.29 is 9.53 Å². The summed E-state index contributed by atoms with van der Waals surface area (Å²) in [5, 5.41) is 3.03. The molecule has 0 aromatic heterocycles. The van der Waals surface area contributed by atoms with Crippen LogP contribution in [0.5, 0.6) is 0 Å². The molecule has 1 aromatic carbocycles. The molecule has 0 bridgehead atoms. The highest BCUT2D eigenvalue weighted by Gasteiger charge is 2.50. The van der Waals surface area contributed by atoms with Crippen molar-refractivity contribution in [2.24, 2.45) is 0 Å². The van der Waals surface area contributed by atoms with Crippen molar-refractivity contribution >= 4 is 21.8 Å². The van der Waals surface area contributed by atoms with Gasteiger partial charge in [0.25, 0.3) is 0 Å². The Balaban J connectivity index is 1.86. The third kappa shape index (κ3) is 3.57. The largest absolute Gasteiger partial charge is 0.382 e. The number of nitrogens with one attached hydrogen (secondary N) is 1. The predicted octanol–water partition coefficient (Wildman–Crippen LogP) is 3.02. The van der Waals surface area contributed by atoms with Gasteiger partial charge in [-0.3, -0.25) is 4.79 Å². The van der Waals surface area contributed by atoms with E-state index in [0.29, 0.717) is 13.2 Å². The topological polar surface area (TPSA) is 38.3 Å². The van der Waals surface area contributed by atoms with E-state index in [1.54, 1.807) is 0 Å². The van der Waals surface area contributed by atoms with Gasteiger partial charge < -0.3 is 10.1 Å². The summed E-state index contributed by atoms with van der Waals surface area (Å²) >= 11 is 3.42. The number of carbonyl (C=O) groups is 1. The Bertz CT molecular complexity index is 426. The first-order valence-electron chi connectivity index (χ1n) is 6.81. The van der Waals surface area contributed by atoms with Gasteiger partial charge in [0.1, 0.15) is 0 Å². The molecule has 1 aliphatic carbocycles. The van der Waals surface area contributed by atoms with Gasteiger partial charge in [-0.05, 0) is 43.9 Å². The number of amides is 1. The van der Waals surface area contributed by atoms with Crippen LogP contribution in [0.25, 0.3) is 0 Å². The third-order valence-corrected chi connectivity index (χ3v) is 4.07. The van der Waals surface area contributed by atoms with Crippen LogP contribution in [0.3, 0.4) is 0 Å². The molecule has 104 valence electrons. The molecule has 0 aliphatic heterocycles. The van der Waals surface area contributed by atoms with Gasteiger partial charge in [0, 0.05) is 24.2 Å². The zero-order valence-corrected chi connectivity index (χ0v) is 12.8. The first-order chi connectivity index (χ1) is 9.19. The van der Waals surface area contributed by atoms with Gasteiger partial charge in [-0.15, -0.1) is 0 Å². The first kappa shape index (κ1) is 14.5. The molecule has 0 saturated heterocycles. The molecule has 1 aromatic rings. The van der Waals surface area contributed by atoms with Crippen LogP contribution in [-0.4, -0.2) is 25.7 Å². The SMILES string of the molecule is CCOCCCNC(=O)C1(c2ccc(Br)cc2)CC1. The summed E-state index contributed by atoms with van der Waals surface area (Å²) < 4.78 is 6.30. The van der Waals surface area contributed by atoms with Gasteiger partial charge in [-0.2, -0.15) is 0 Å². The predicted molar refractivity (Wildman–Crippen MR) is 79.2 cm³/mol. The minimum Gasteiger partial charge on any atom is -0.382 e. The minimum absolute atomic E-state index is 0.159. The summed E-state index contributed by atoms with van der Waals surface area (Å²) in [6.45, 7) is 4.11. The summed E-state index contributed by atoms with van der Waals surface area (Å²) in [5.41, 5.74) is 0.852. The van der Waals surface area contributed by atoms with Gasteiger partial charge in [0.15, 0.2) is 0 Å². The molecule has 1 fully saturated rings. The van der Waals surface area contributed by atoms with E-state index < -0.39 is 0 Å². The lowest BCUT2D eigenvalue weighted by atomic mass is 9.95. The highest BCUT2D eigenvalue weighted by molar-refractivity contribution is 9.10. The molecule has 0 atom stereocenters. The lowest BCUT2D eigenvalue weighted by Gasteiger charge is -2.16. The van der Waals surface area contributed by atoms with Gasteiger partial charge in [0.05, 0.1) is 5.41 Å². The van der Waals surface area contributed by atoms with Crippen LogP contribution in [0.2, 0.25) is 0 Å². The molecule has 0 heterocycles. The molecule has 0 spiro atoms. The Morgan fingerprint density at radius 2 is 2.05 bits per heavy atom. The van der Waals surface area contributed by atoms with E-state index in [1.165, 1.54) is 0 Å². The Labute approximate surface area is 122 Å². The van der Waals surface area contributed by atoms with Crippen LogP contribution < -0.4 is 5.32 Å². The summed E-state index contributed by atoms with van der Waals surface area (Å²) in [6.07, 6.45) is 2.77. The molecule has 0 radical (unpaired) electrons. The molecular formula is C15H20BrNO2. The van der Waals surface area contributed by atoms with Gasteiger partial charge >= 0.3 is 0 Å². The maximum Gasteiger partial charge on any atom is 0.230 e. The van der Waals surface area contributed by atoms with Crippen molar-refractivity contribution in [2.45, 2.75) is 31.6 Å². The first-order valence-corrected chi connectivity index (χ1v) is 7.60. The van der Waals surface area contributed by atoms with Gasteiger partial charge in [0.2, 0.25) is 5.91 Å². The number of hydrogen-bond donors (Lipinski definition) is 1. The Kier molecular flexibility index (Phi) is 4.99. The van der Waals surface area contributed by atoms with Gasteiger partial charge in [-0.1, -0.05) is 28.1 Å². The normalized spacial score (nSPS) is 16.1. The van der Waals surface area contributed by atoms with Crippen LogP contribution in [0.4, 0.5) is 0 Å². The number of halogens is 1. The summed E-state index contributed by atoms with van der Waals surface area (Å²) in [4.78, 5) is 12.3.